The van der Waals surface area contributed by atoms with Gasteiger partial charge in [0.05, 0.1) is 20.1 Å². The lowest BCUT2D eigenvalue weighted by atomic mass is 9.98. The number of hydrogen-bond donors (Lipinski definition) is 0. The van der Waals surface area contributed by atoms with Crippen LogP contribution < -0.4 is 14.2 Å². The molecular weight excluding hydrogens is 477 g/mol. The summed E-state index contributed by atoms with van der Waals surface area (Å²) in [4.78, 5) is 25.3. The lowest BCUT2D eigenvalue weighted by Crippen LogP contribution is -2.21. The smallest absolute Gasteiger partial charge is 0.306 e. The number of halogens is 1. The van der Waals surface area contributed by atoms with Crippen molar-refractivity contribution in [2.45, 2.75) is 31.3 Å². The number of esters is 1. The number of carbonyl (C=O) groups excluding carboxylic acids is 2. The number of methoxy groups -OCH3 is 1. The SMILES string of the molecule is COC(=O)C[C@@H]1COc2cc(O[C@@H]3CCc4c(Oc5ccc(C(=O)N(C)C)cc5)ccc(F)c43)ccc21. The van der Waals surface area contributed by atoms with Gasteiger partial charge in [0.25, 0.3) is 5.91 Å². The third-order valence-corrected chi connectivity index (χ3v) is 6.76. The van der Waals surface area contributed by atoms with Crippen LogP contribution in [0.2, 0.25) is 0 Å². The van der Waals surface area contributed by atoms with Crippen molar-refractivity contribution in [2.24, 2.45) is 0 Å². The van der Waals surface area contributed by atoms with Gasteiger partial charge < -0.3 is 23.8 Å². The minimum atomic E-state index is -0.469. The molecule has 37 heavy (non-hydrogen) atoms. The maximum atomic E-state index is 15.0. The summed E-state index contributed by atoms with van der Waals surface area (Å²) in [6.07, 6.45) is 0.991. The third kappa shape index (κ3) is 4.96. The van der Waals surface area contributed by atoms with Crippen LogP contribution in [0.5, 0.6) is 23.0 Å². The predicted molar refractivity (Wildman–Crippen MR) is 134 cm³/mol. The molecule has 0 N–H and O–H groups in total. The first-order valence-electron chi connectivity index (χ1n) is 12.1. The lowest BCUT2D eigenvalue weighted by Gasteiger charge is -2.17. The molecule has 1 aliphatic heterocycles. The van der Waals surface area contributed by atoms with E-state index >= 15 is 0 Å². The fourth-order valence-electron chi connectivity index (χ4n) is 4.85. The van der Waals surface area contributed by atoms with Crippen molar-refractivity contribution >= 4 is 11.9 Å². The van der Waals surface area contributed by atoms with Gasteiger partial charge in [-0.05, 0) is 55.3 Å². The zero-order valence-electron chi connectivity index (χ0n) is 21.0. The second kappa shape index (κ2) is 10.1. The molecule has 5 rings (SSSR count). The number of nitrogens with zero attached hydrogens (tertiary/aromatic N) is 1. The molecule has 8 heteroatoms. The fraction of sp³-hybridized carbons (Fsp3) is 0.310. The molecule has 1 heterocycles. The van der Waals surface area contributed by atoms with Crippen molar-refractivity contribution in [3.05, 3.63) is 82.7 Å². The second-order valence-corrected chi connectivity index (χ2v) is 9.40. The molecule has 3 aromatic carbocycles. The largest absolute Gasteiger partial charge is 0.492 e. The Morgan fingerprint density at radius 3 is 2.54 bits per heavy atom. The van der Waals surface area contributed by atoms with Crippen molar-refractivity contribution in [1.82, 2.24) is 4.90 Å². The van der Waals surface area contributed by atoms with Gasteiger partial charge in [-0.2, -0.15) is 0 Å². The van der Waals surface area contributed by atoms with Crippen molar-refractivity contribution < 1.29 is 32.9 Å². The molecule has 3 aromatic rings. The van der Waals surface area contributed by atoms with E-state index < -0.39 is 6.10 Å². The summed E-state index contributed by atoms with van der Waals surface area (Å²) in [5.41, 5.74) is 2.76. The Labute approximate surface area is 214 Å². The van der Waals surface area contributed by atoms with Crippen molar-refractivity contribution in [3.63, 3.8) is 0 Å². The minimum absolute atomic E-state index is 0.0593. The molecule has 1 aliphatic carbocycles. The van der Waals surface area contributed by atoms with E-state index in [1.807, 2.05) is 12.1 Å². The van der Waals surface area contributed by atoms with Crippen LogP contribution in [0.4, 0.5) is 4.39 Å². The summed E-state index contributed by atoms with van der Waals surface area (Å²) in [5, 5.41) is 0. The molecule has 2 aliphatic rings. The molecule has 1 amide bonds. The summed E-state index contributed by atoms with van der Waals surface area (Å²) in [5.74, 6) is 1.59. The maximum absolute atomic E-state index is 15.0. The van der Waals surface area contributed by atoms with Crippen molar-refractivity contribution in [2.75, 3.05) is 27.8 Å². The van der Waals surface area contributed by atoms with E-state index in [9.17, 15) is 14.0 Å². The van der Waals surface area contributed by atoms with Crippen molar-refractivity contribution in [3.8, 4) is 23.0 Å². The molecule has 0 spiro atoms. The molecule has 0 unspecified atom stereocenters. The topological polar surface area (TPSA) is 74.3 Å². The predicted octanol–water partition coefficient (Wildman–Crippen LogP) is 5.43. The van der Waals surface area contributed by atoms with E-state index in [2.05, 4.69) is 0 Å². The molecule has 0 fully saturated rings. The summed E-state index contributed by atoms with van der Waals surface area (Å²) in [7, 11) is 4.77. The van der Waals surface area contributed by atoms with Gasteiger partial charge in [-0.1, -0.05) is 6.07 Å². The molecule has 0 saturated heterocycles. The lowest BCUT2D eigenvalue weighted by molar-refractivity contribution is -0.141. The Bertz CT molecular complexity index is 1340. The normalized spacial score (nSPS) is 17.4. The summed E-state index contributed by atoms with van der Waals surface area (Å²) >= 11 is 0. The number of benzene rings is 3. The highest BCUT2D eigenvalue weighted by Gasteiger charge is 2.32. The van der Waals surface area contributed by atoms with Gasteiger partial charge in [0.1, 0.15) is 34.9 Å². The van der Waals surface area contributed by atoms with E-state index in [4.69, 9.17) is 18.9 Å². The number of amides is 1. The molecular formula is C29H28FNO6. The van der Waals surface area contributed by atoms with Crippen LogP contribution in [0.15, 0.2) is 54.6 Å². The third-order valence-electron chi connectivity index (χ3n) is 6.76. The first-order chi connectivity index (χ1) is 17.8. The van der Waals surface area contributed by atoms with Crippen LogP contribution in [0, 0.1) is 5.82 Å². The van der Waals surface area contributed by atoms with Gasteiger partial charge in [-0.15, -0.1) is 0 Å². The van der Waals surface area contributed by atoms with E-state index in [-0.39, 0.29) is 30.0 Å². The Kier molecular flexibility index (Phi) is 6.74. The van der Waals surface area contributed by atoms with Crippen LogP contribution in [-0.4, -0.2) is 44.6 Å². The van der Waals surface area contributed by atoms with E-state index in [1.54, 1.807) is 50.5 Å². The van der Waals surface area contributed by atoms with Gasteiger partial charge in [0.15, 0.2) is 0 Å². The zero-order valence-corrected chi connectivity index (χ0v) is 21.0. The summed E-state index contributed by atoms with van der Waals surface area (Å²) in [6.45, 7) is 0.403. The van der Waals surface area contributed by atoms with E-state index in [0.717, 1.165) is 11.1 Å². The van der Waals surface area contributed by atoms with Crippen LogP contribution in [0.25, 0.3) is 0 Å². The van der Waals surface area contributed by atoms with Gasteiger partial charge in [-0.25, -0.2) is 4.39 Å². The van der Waals surface area contributed by atoms with Gasteiger partial charge in [0, 0.05) is 48.3 Å². The summed E-state index contributed by atoms with van der Waals surface area (Å²) < 4.78 is 37.8. The maximum Gasteiger partial charge on any atom is 0.306 e. The molecule has 7 nitrogen and oxygen atoms in total. The van der Waals surface area contributed by atoms with Gasteiger partial charge in [-0.3, -0.25) is 9.59 Å². The Hall–Kier alpha value is -4.07. The number of carbonyl (C=O) groups is 2. The zero-order chi connectivity index (χ0) is 26.1. The Balaban J connectivity index is 1.32. The average Bonchev–Trinajstić information content (AvgIpc) is 3.50. The second-order valence-electron chi connectivity index (χ2n) is 9.40. The monoisotopic (exact) mass is 505 g/mol. The van der Waals surface area contributed by atoms with Crippen LogP contribution in [0.1, 0.15) is 51.9 Å². The van der Waals surface area contributed by atoms with Crippen LogP contribution >= 0.6 is 0 Å². The molecule has 192 valence electrons. The summed E-state index contributed by atoms with van der Waals surface area (Å²) in [6, 6.07) is 15.4. The highest BCUT2D eigenvalue weighted by Crippen LogP contribution is 2.44. The standard InChI is InChI=1S/C29H28FNO6/c1-31(2)29(33)17-4-6-19(7-5-17)36-24-13-11-23(30)28-22(24)10-12-25(28)37-20-8-9-21-18(14-27(32)34-3)16-35-26(21)15-20/h4-9,11,13,15,18,25H,10,12,14,16H2,1-3H3/t18-,25-/m1/s1. The van der Waals surface area contributed by atoms with E-state index in [0.29, 0.717) is 53.6 Å². The highest BCUT2D eigenvalue weighted by atomic mass is 19.1. The Morgan fingerprint density at radius 1 is 1.05 bits per heavy atom. The number of fused-ring (bicyclic) bond motifs is 2. The quantitative estimate of drug-likeness (QED) is 0.399. The van der Waals surface area contributed by atoms with Gasteiger partial charge >= 0.3 is 5.97 Å². The molecule has 2 atom stereocenters. The van der Waals surface area contributed by atoms with Crippen LogP contribution in [0.3, 0.4) is 0 Å². The van der Waals surface area contributed by atoms with Gasteiger partial charge in [0.2, 0.25) is 0 Å². The molecule has 0 aromatic heterocycles. The highest BCUT2D eigenvalue weighted by molar-refractivity contribution is 5.93. The molecule has 0 saturated carbocycles. The molecule has 0 radical (unpaired) electrons. The minimum Gasteiger partial charge on any atom is -0.492 e. The number of rotatable bonds is 7. The number of ether oxygens (including phenoxy) is 4. The average molecular weight is 506 g/mol. The van der Waals surface area contributed by atoms with E-state index in [1.165, 1.54) is 18.1 Å². The fourth-order valence-corrected chi connectivity index (χ4v) is 4.85. The number of hydrogen-bond acceptors (Lipinski definition) is 6. The first kappa shape index (κ1) is 24.6. The Morgan fingerprint density at radius 2 is 1.81 bits per heavy atom. The first-order valence-corrected chi connectivity index (χ1v) is 12.1. The molecule has 0 bridgehead atoms. The van der Waals surface area contributed by atoms with Crippen molar-refractivity contribution in [1.29, 1.82) is 0 Å². The van der Waals surface area contributed by atoms with Crippen LogP contribution in [-0.2, 0) is 16.0 Å².